The zero-order chi connectivity index (χ0) is 24.0. The molecule has 1 atom stereocenters. The maximum Gasteiger partial charge on any atom is 0.416 e. The molecule has 1 amide bonds. The van der Waals surface area contributed by atoms with Gasteiger partial charge in [-0.15, -0.1) is 23.2 Å². The van der Waals surface area contributed by atoms with Gasteiger partial charge in [0, 0.05) is 43.5 Å². The lowest BCUT2D eigenvalue weighted by molar-refractivity contribution is -0.137. The number of rotatable bonds is 3. The highest BCUT2D eigenvalue weighted by Crippen LogP contribution is 2.32. The Labute approximate surface area is 202 Å². The number of hydrogen-bond donors (Lipinski definition) is 1. The van der Waals surface area contributed by atoms with Crippen LogP contribution in [0.1, 0.15) is 33.5 Å². The first kappa shape index (κ1) is 25.7. The lowest BCUT2D eigenvalue weighted by Gasteiger charge is -2.37. The maximum atomic E-state index is 12.7. The predicted octanol–water partition coefficient (Wildman–Crippen LogP) is 5.17. The second-order valence-corrected chi connectivity index (χ2v) is 9.10. The highest BCUT2D eigenvalue weighted by atomic mass is 35.5. The quantitative estimate of drug-likeness (QED) is 0.589. The molecule has 4 rings (SSSR count). The predicted molar refractivity (Wildman–Crippen MR) is 127 cm³/mol. The molecule has 2 aromatic carbocycles. The Hall–Kier alpha value is -1.96. The molecule has 2 aromatic rings. The van der Waals surface area contributed by atoms with Crippen LogP contribution in [0, 0.1) is 0 Å². The van der Waals surface area contributed by atoms with E-state index in [0.717, 1.165) is 57.6 Å². The van der Waals surface area contributed by atoms with Gasteiger partial charge in [-0.2, -0.15) is 13.2 Å². The molecular weight excluding hydrogens is 474 g/mol. The topological polar surface area (TPSA) is 35.6 Å². The van der Waals surface area contributed by atoms with E-state index >= 15 is 0 Å². The first-order valence-electron chi connectivity index (χ1n) is 10.9. The molecule has 33 heavy (non-hydrogen) atoms. The number of hydrogen-bond acceptors (Lipinski definition) is 3. The highest BCUT2D eigenvalue weighted by Gasteiger charge is 2.30. The van der Waals surface area contributed by atoms with E-state index in [1.165, 1.54) is 28.9 Å². The number of likely N-dealkylation sites (N-methyl/N-ethyl adjacent to an activating group) is 1. The summed E-state index contributed by atoms with van der Waals surface area (Å²) in [5, 5.41) is 3.22. The maximum absolute atomic E-state index is 12.7. The van der Waals surface area contributed by atoms with E-state index < -0.39 is 11.7 Å². The molecule has 1 N–H and O–H groups in total. The molecule has 0 unspecified atom stereocenters. The summed E-state index contributed by atoms with van der Waals surface area (Å²) < 4.78 is 38.2. The van der Waals surface area contributed by atoms with Crippen molar-refractivity contribution in [3.8, 4) is 0 Å². The first-order valence-corrected chi connectivity index (χ1v) is 11.9. The van der Waals surface area contributed by atoms with Crippen molar-refractivity contribution in [1.29, 1.82) is 0 Å². The van der Waals surface area contributed by atoms with Gasteiger partial charge in [-0.05, 0) is 67.8 Å². The van der Waals surface area contributed by atoms with Gasteiger partial charge in [0.15, 0.2) is 0 Å². The standard InChI is InChI=1S/C23H26F3N3O.CH2Cl2/c1-28-11-13-29(14-12-28)21-4-2-3-16-7-10-19(15-20(16)21)27-22(30)17-5-8-18(9-6-17)23(24,25)26;2-1-3/h2-6,8-9,19H,7,10-15H2,1H3,(H,27,30);1H2/t19-;/m1./s1. The molecule has 1 saturated heterocycles. The zero-order valence-electron chi connectivity index (χ0n) is 18.5. The van der Waals surface area contributed by atoms with E-state index in [0.29, 0.717) is 0 Å². The Morgan fingerprint density at radius 1 is 1.06 bits per heavy atom. The minimum absolute atomic E-state index is 0.0269. The van der Waals surface area contributed by atoms with Crippen LogP contribution in [-0.4, -0.2) is 55.4 Å². The van der Waals surface area contributed by atoms with E-state index in [-0.39, 0.29) is 22.9 Å². The Balaban J connectivity index is 0.000000968. The van der Waals surface area contributed by atoms with E-state index in [1.54, 1.807) is 0 Å². The van der Waals surface area contributed by atoms with Crippen LogP contribution in [0.2, 0.25) is 0 Å². The van der Waals surface area contributed by atoms with Gasteiger partial charge in [0.1, 0.15) is 0 Å². The van der Waals surface area contributed by atoms with Crippen LogP contribution >= 0.6 is 23.2 Å². The lowest BCUT2D eigenvalue weighted by atomic mass is 9.86. The number of nitrogens with zero attached hydrogens (tertiary/aromatic N) is 2. The normalized spacial score (nSPS) is 18.7. The van der Waals surface area contributed by atoms with Gasteiger partial charge in [0.2, 0.25) is 0 Å². The van der Waals surface area contributed by atoms with Gasteiger partial charge in [-0.1, -0.05) is 12.1 Å². The summed E-state index contributed by atoms with van der Waals surface area (Å²) in [6.45, 7) is 4.01. The minimum Gasteiger partial charge on any atom is -0.369 e. The monoisotopic (exact) mass is 501 g/mol. The Morgan fingerprint density at radius 3 is 2.30 bits per heavy atom. The lowest BCUT2D eigenvalue weighted by Crippen LogP contribution is -2.45. The summed E-state index contributed by atoms with van der Waals surface area (Å²) in [6.07, 6.45) is -1.95. The number of anilines is 1. The summed E-state index contributed by atoms with van der Waals surface area (Å²) in [4.78, 5) is 17.3. The second kappa shape index (κ2) is 11.4. The largest absolute Gasteiger partial charge is 0.416 e. The molecule has 1 aliphatic carbocycles. The highest BCUT2D eigenvalue weighted by molar-refractivity contribution is 6.40. The summed E-state index contributed by atoms with van der Waals surface area (Å²) in [5.41, 5.74) is 3.36. The smallest absolute Gasteiger partial charge is 0.369 e. The number of aryl methyl sites for hydroxylation is 1. The van der Waals surface area contributed by atoms with Gasteiger partial charge < -0.3 is 15.1 Å². The van der Waals surface area contributed by atoms with Gasteiger partial charge in [0.25, 0.3) is 5.91 Å². The number of alkyl halides is 5. The fraction of sp³-hybridized carbons (Fsp3) is 0.458. The molecule has 0 spiro atoms. The molecule has 2 aliphatic rings. The molecule has 0 radical (unpaired) electrons. The van der Waals surface area contributed by atoms with Gasteiger partial charge in [-0.3, -0.25) is 4.79 Å². The number of fused-ring (bicyclic) bond motifs is 1. The van der Waals surface area contributed by atoms with Crippen molar-refractivity contribution in [3.05, 3.63) is 64.7 Å². The third kappa shape index (κ3) is 6.78. The zero-order valence-corrected chi connectivity index (χ0v) is 20.0. The SMILES string of the molecule is CN1CCN(c2cccc3c2C[C@H](NC(=O)c2ccc(C(F)(F)F)cc2)CC3)CC1.ClCCl. The molecular formula is C24H28Cl2F3N3O. The van der Waals surface area contributed by atoms with Crippen LogP contribution < -0.4 is 10.2 Å². The summed E-state index contributed by atoms with van der Waals surface area (Å²) in [6, 6.07) is 10.8. The van der Waals surface area contributed by atoms with Crippen molar-refractivity contribution >= 4 is 34.8 Å². The van der Waals surface area contributed by atoms with E-state index in [1.807, 2.05) is 0 Å². The number of halogens is 5. The van der Waals surface area contributed by atoms with Crippen LogP contribution in [0.3, 0.4) is 0 Å². The van der Waals surface area contributed by atoms with Crippen molar-refractivity contribution in [2.75, 3.05) is 43.5 Å². The molecule has 180 valence electrons. The summed E-state index contributed by atoms with van der Waals surface area (Å²) >= 11 is 9.53. The Bertz CT molecular complexity index is 930. The minimum atomic E-state index is -4.40. The van der Waals surface area contributed by atoms with Crippen LogP contribution in [-0.2, 0) is 19.0 Å². The number of piperazine rings is 1. The molecule has 1 heterocycles. The van der Waals surface area contributed by atoms with Crippen molar-refractivity contribution in [3.63, 3.8) is 0 Å². The van der Waals surface area contributed by atoms with Crippen LogP contribution in [0.5, 0.6) is 0 Å². The fourth-order valence-corrected chi connectivity index (χ4v) is 4.32. The Morgan fingerprint density at radius 2 is 1.70 bits per heavy atom. The van der Waals surface area contributed by atoms with Crippen molar-refractivity contribution in [1.82, 2.24) is 10.2 Å². The summed E-state index contributed by atoms with van der Waals surface area (Å²) in [5.74, 6) is -0.325. The number of carbonyl (C=O) groups is 1. The average Bonchev–Trinajstić information content (AvgIpc) is 2.79. The Kier molecular flexibility index (Phi) is 8.90. The van der Waals surface area contributed by atoms with Gasteiger partial charge in [0.05, 0.1) is 10.9 Å². The number of amides is 1. The van der Waals surface area contributed by atoms with Gasteiger partial charge in [-0.25, -0.2) is 0 Å². The number of nitrogens with one attached hydrogen (secondary N) is 1. The van der Waals surface area contributed by atoms with E-state index in [9.17, 15) is 18.0 Å². The molecule has 1 aliphatic heterocycles. The fourth-order valence-electron chi connectivity index (χ4n) is 4.32. The molecule has 0 saturated carbocycles. The second-order valence-electron chi connectivity index (χ2n) is 8.29. The molecule has 4 nitrogen and oxygen atoms in total. The third-order valence-corrected chi connectivity index (χ3v) is 6.11. The number of benzene rings is 2. The first-order chi connectivity index (χ1) is 15.7. The molecule has 0 aromatic heterocycles. The van der Waals surface area contributed by atoms with Crippen molar-refractivity contribution in [2.45, 2.75) is 31.5 Å². The molecule has 0 bridgehead atoms. The van der Waals surface area contributed by atoms with Gasteiger partial charge >= 0.3 is 6.18 Å². The van der Waals surface area contributed by atoms with Crippen LogP contribution in [0.4, 0.5) is 18.9 Å². The average molecular weight is 502 g/mol. The van der Waals surface area contributed by atoms with Crippen molar-refractivity contribution in [2.24, 2.45) is 0 Å². The molecule has 9 heteroatoms. The third-order valence-electron chi connectivity index (χ3n) is 6.11. The van der Waals surface area contributed by atoms with Crippen LogP contribution in [0.15, 0.2) is 42.5 Å². The van der Waals surface area contributed by atoms with Crippen LogP contribution in [0.25, 0.3) is 0 Å². The van der Waals surface area contributed by atoms with E-state index in [4.69, 9.17) is 23.2 Å². The number of carbonyl (C=O) groups excluding carboxylic acids is 1. The summed E-state index contributed by atoms with van der Waals surface area (Å²) in [7, 11) is 2.13. The molecule has 1 fully saturated rings. The van der Waals surface area contributed by atoms with Crippen molar-refractivity contribution < 1.29 is 18.0 Å². The van der Waals surface area contributed by atoms with E-state index in [2.05, 4.69) is 40.4 Å².